The molecule has 106 valence electrons. The lowest BCUT2D eigenvalue weighted by atomic mass is 10.2. The summed E-state index contributed by atoms with van der Waals surface area (Å²) in [5, 5.41) is 3.03. The monoisotopic (exact) mass is 285 g/mol. The topological polar surface area (TPSA) is 70.7 Å². The predicted molar refractivity (Wildman–Crippen MR) is 73.2 cm³/mol. The van der Waals surface area contributed by atoms with Crippen LogP contribution < -0.4 is 14.8 Å². The van der Waals surface area contributed by atoms with Gasteiger partial charge in [-0.25, -0.2) is 0 Å². The van der Waals surface area contributed by atoms with Crippen LogP contribution in [0.5, 0.6) is 5.75 Å². The van der Waals surface area contributed by atoms with Crippen molar-refractivity contribution in [3.63, 3.8) is 0 Å². The molecule has 0 saturated carbocycles. The summed E-state index contributed by atoms with van der Waals surface area (Å²) in [4.78, 5) is 0. The van der Waals surface area contributed by atoms with Crippen LogP contribution in [-0.2, 0) is 16.8 Å². The summed E-state index contributed by atoms with van der Waals surface area (Å²) in [5.41, 5.74) is 0.888. The summed E-state index contributed by atoms with van der Waals surface area (Å²) in [7, 11) is -0.284. The molecule has 7 heteroatoms. The number of hydrogen-bond acceptors (Lipinski definition) is 4. The van der Waals surface area contributed by atoms with Crippen molar-refractivity contribution in [2.75, 3.05) is 27.2 Å². The SMILES string of the molecule is COc1cccc(CN(C)S(=O)(=O)NC2CNC2)c1. The number of benzene rings is 1. The Balaban J connectivity index is 2.00. The quantitative estimate of drug-likeness (QED) is 0.768. The number of ether oxygens (including phenoxy) is 1. The van der Waals surface area contributed by atoms with Crippen LogP contribution in [0.3, 0.4) is 0 Å². The predicted octanol–water partition coefficient (Wildman–Crippen LogP) is -0.0668. The Morgan fingerprint density at radius 3 is 2.79 bits per heavy atom. The van der Waals surface area contributed by atoms with Gasteiger partial charge in [0.15, 0.2) is 0 Å². The first kappa shape index (κ1) is 14.3. The second-order valence-electron chi connectivity index (χ2n) is 4.59. The lowest BCUT2D eigenvalue weighted by Gasteiger charge is -2.29. The Morgan fingerprint density at radius 1 is 1.47 bits per heavy atom. The van der Waals surface area contributed by atoms with Gasteiger partial charge in [-0.1, -0.05) is 12.1 Å². The molecule has 0 aliphatic carbocycles. The zero-order valence-corrected chi connectivity index (χ0v) is 11.9. The van der Waals surface area contributed by atoms with Gasteiger partial charge in [0.1, 0.15) is 5.75 Å². The molecule has 0 amide bonds. The minimum atomic E-state index is -3.44. The highest BCUT2D eigenvalue weighted by Crippen LogP contribution is 2.15. The van der Waals surface area contributed by atoms with Gasteiger partial charge in [-0.2, -0.15) is 17.4 Å². The fraction of sp³-hybridized carbons (Fsp3) is 0.500. The van der Waals surface area contributed by atoms with E-state index in [9.17, 15) is 8.42 Å². The molecule has 1 aromatic rings. The van der Waals surface area contributed by atoms with E-state index >= 15 is 0 Å². The van der Waals surface area contributed by atoms with Crippen LogP contribution in [0.25, 0.3) is 0 Å². The van der Waals surface area contributed by atoms with E-state index in [0.29, 0.717) is 19.6 Å². The smallest absolute Gasteiger partial charge is 0.279 e. The van der Waals surface area contributed by atoms with Crippen LogP contribution in [0, 0.1) is 0 Å². The van der Waals surface area contributed by atoms with Gasteiger partial charge >= 0.3 is 0 Å². The Kier molecular flexibility index (Phi) is 4.41. The highest BCUT2D eigenvalue weighted by atomic mass is 32.2. The Labute approximate surface area is 113 Å². The number of rotatable bonds is 6. The zero-order valence-electron chi connectivity index (χ0n) is 11.1. The van der Waals surface area contributed by atoms with E-state index in [1.807, 2.05) is 24.3 Å². The van der Waals surface area contributed by atoms with E-state index in [0.717, 1.165) is 11.3 Å². The van der Waals surface area contributed by atoms with Crippen molar-refractivity contribution in [2.45, 2.75) is 12.6 Å². The van der Waals surface area contributed by atoms with E-state index in [1.54, 1.807) is 14.2 Å². The maximum Gasteiger partial charge on any atom is 0.279 e. The molecule has 0 atom stereocenters. The minimum Gasteiger partial charge on any atom is -0.497 e. The first-order valence-corrected chi connectivity index (χ1v) is 7.52. The van der Waals surface area contributed by atoms with Crippen molar-refractivity contribution in [2.24, 2.45) is 0 Å². The summed E-state index contributed by atoms with van der Waals surface area (Å²) >= 11 is 0. The second-order valence-corrected chi connectivity index (χ2v) is 6.39. The van der Waals surface area contributed by atoms with Crippen LogP contribution in [0.2, 0.25) is 0 Å². The lowest BCUT2D eigenvalue weighted by Crippen LogP contribution is -2.58. The Hall–Kier alpha value is -1.15. The highest BCUT2D eigenvalue weighted by Gasteiger charge is 2.26. The second kappa shape index (κ2) is 5.87. The van der Waals surface area contributed by atoms with E-state index in [-0.39, 0.29) is 6.04 Å². The molecule has 6 nitrogen and oxygen atoms in total. The standard InChI is InChI=1S/C12H19N3O3S/c1-15(19(16,17)14-11-7-13-8-11)9-10-4-3-5-12(6-10)18-2/h3-6,11,13-14H,7-9H2,1-2H3. The van der Waals surface area contributed by atoms with E-state index in [1.165, 1.54) is 4.31 Å². The molecule has 0 unspecified atom stereocenters. The van der Waals surface area contributed by atoms with Gasteiger partial charge in [0.2, 0.25) is 0 Å². The summed E-state index contributed by atoms with van der Waals surface area (Å²) in [5.74, 6) is 0.722. The molecule has 1 heterocycles. The van der Waals surface area contributed by atoms with Gasteiger partial charge in [0, 0.05) is 32.7 Å². The number of methoxy groups -OCH3 is 1. The fourth-order valence-corrected chi connectivity index (χ4v) is 2.87. The molecule has 0 spiro atoms. The molecule has 1 fully saturated rings. The fourth-order valence-electron chi connectivity index (χ4n) is 1.79. The normalized spacial score (nSPS) is 16.4. The molecule has 0 aromatic heterocycles. The van der Waals surface area contributed by atoms with Gasteiger partial charge in [-0.3, -0.25) is 0 Å². The first-order valence-electron chi connectivity index (χ1n) is 6.08. The Morgan fingerprint density at radius 2 is 2.21 bits per heavy atom. The molecular formula is C12H19N3O3S. The molecule has 19 heavy (non-hydrogen) atoms. The van der Waals surface area contributed by atoms with Crippen LogP contribution in [0.15, 0.2) is 24.3 Å². The largest absolute Gasteiger partial charge is 0.497 e. The molecular weight excluding hydrogens is 266 g/mol. The van der Waals surface area contributed by atoms with Crippen LogP contribution in [0.1, 0.15) is 5.56 Å². The molecule has 1 aliphatic heterocycles. The third kappa shape index (κ3) is 3.66. The number of nitrogens with one attached hydrogen (secondary N) is 2. The van der Waals surface area contributed by atoms with E-state index in [2.05, 4.69) is 10.0 Å². The average molecular weight is 285 g/mol. The van der Waals surface area contributed by atoms with Gasteiger partial charge in [-0.05, 0) is 17.7 Å². The summed E-state index contributed by atoms with van der Waals surface area (Å²) < 4.78 is 33.2. The molecule has 0 bridgehead atoms. The molecule has 2 rings (SSSR count). The minimum absolute atomic E-state index is 0.00207. The average Bonchev–Trinajstić information content (AvgIpc) is 2.34. The highest BCUT2D eigenvalue weighted by molar-refractivity contribution is 7.87. The molecule has 2 N–H and O–H groups in total. The maximum absolute atomic E-state index is 12.0. The van der Waals surface area contributed by atoms with Gasteiger partial charge in [0.05, 0.1) is 7.11 Å². The van der Waals surface area contributed by atoms with Crippen molar-refractivity contribution in [1.29, 1.82) is 0 Å². The van der Waals surface area contributed by atoms with Crippen molar-refractivity contribution in [1.82, 2.24) is 14.3 Å². The maximum atomic E-state index is 12.0. The van der Waals surface area contributed by atoms with Crippen molar-refractivity contribution in [3.8, 4) is 5.75 Å². The molecule has 1 aromatic carbocycles. The van der Waals surface area contributed by atoms with Gasteiger partial charge < -0.3 is 10.1 Å². The Bertz CT molecular complexity index is 529. The van der Waals surface area contributed by atoms with Crippen molar-refractivity contribution in [3.05, 3.63) is 29.8 Å². The van der Waals surface area contributed by atoms with Crippen LogP contribution in [0.4, 0.5) is 0 Å². The van der Waals surface area contributed by atoms with E-state index < -0.39 is 10.2 Å². The van der Waals surface area contributed by atoms with Crippen LogP contribution >= 0.6 is 0 Å². The first-order chi connectivity index (χ1) is 9.01. The summed E-state index contributed by atoms with van der Waals surface area (Å²) in [6, 6.07) is 7.38. The van der Waals surface area contributed by atoms with Crippen LogP contribution in [-0.4, -0.2) is 46.0 Å². The molecule has 1 saturated heterocycles. The van der Waals surface area contributed by atoms with Gasteiger partial charge in [-0.15, -0.1) is 0 Å². The zero-order chi connectivity index (χ0) is 13.9. The summed E-state index contributed by atoms with van der Waals surface area (Å²) in [6.07, 6.45) is 0. The summed E-state index contributed by atoms with van der Waals surface area (Å²) in [6.45, 7) is 1.69. The van der Waals surface area contributed by atoms with Crippen molar-refractivity contribution >= 4 is 10.2 Å². The number of nitrogens with zero attached hydrogens (tertiary/aromatic N) is 1. The van der Waals surface area contributed by atoms with E-state index in [4.69, 9.17) is 4.74 Å². The lowest BCUT2D eigenvalue weighted by molar-refractivity contribution is 0.385. The molecule has 0 radical (unpaired) electrons. The third-order valence-electron chi connectivity index (χ3n) is 3.05. The van der Waals surface area contributed by atoms with Crippen molar-refractivity contribution < 1.29 is 13.2 Å². The van der Waals surface area contributed by atoms with Gasteiger partial charge in [0.25, 0.3) is 10.2 Å². The third-order valence-corrected chi connectivity index (χ3v) is 4.63. The molecule has 1 aliphatic rings. The number of hydrogen-bond donors (Lipinski definition) is 2.